The Balaban J connectivity index is 1.79. The molecule has 0 saturated heterocycles. The van der Waals surface area contributed by atoms with Gasteiger partial charge in [0, 0.05) is 11.1 Å². The molecule has 6 aromatic rings. The van der Waals surface area contributed by atoms with Crippen LogP contribution in [-0.2, 0) is 22.7 Å². The second-order valence-electron chi connectivity index (χ2n) is 10.4. The number of methoxy groups -OCH3 is 2. The third-order valence-corrected chi connectivity index (χ3v) is 7.82. The summed E-state index contributed by atoms with van der Waals surface area (Å²) in [5.74, 6) is -6.13. The number of phenolic OH excluding ortho intramolecular Hbond substituents is 4. The molecule has 0 saturated carbocycles. The lowest BCUT2D eigenvalue weighted by Crippen LogP contribution is -2.07. The number of esters is 2. The highest BCUT2D eigenvalue weighted by molar-refractivity contribution is 6.11. The minimum Gasteiger partial charge on any atom is -0.507 e. The van der Waals surface area contributed by atoms with Crippen LogP contribution in [0.5, 0.6) is 34.5 Å². The molecule has 0 aliphatic heterocycles. The number of aryl methyl sites for hydroxylation is 1. The van der Waals surface area contributed by atoms with Crippen LogP contribution >= 0.6 is 0 Å². The van der Waals surface area contributed by atoms with Crippen LogP contribution in [0.2, 0.25) is 0 Å². The first-order valence-corrected chi connectivity index (χ1v) is 13.6. The van der Waals surface area contributed by atoms with Crippen molar-refractivity contribution < 1.29 is 59.9 Å². The quantitative estimate of drug-likeness (QED) is 0.0990. The molecule has 0 radical (unpaired) electrons. The highest BCUT2D eigenvalue weighted by Crippen LogP contribution is 2.54. The van der Waals surface area contributed by atoms with Gasteiger partial charge >= 0.3 is 11.9 Å². The maximum atomic E-state index is 12.7. The molecule has 16 nitrogen and oxygen atoms in total. The molecule has 4 aromatic carbocycles. The van der Waals surface area contributed by atoms with E-state index in [0.717, 1.165) is 20.3 Å². The van der Waals surface area contributed by atoms with Gasteiger partial charge < -0.3 is 50.3 Å². The monoisotopic (exact) mass is 644 g/mol. The van der Waals surface area contributed by atoms with Gasteiger partial charge in [0.2, 0.25) is 0 Å². The van der Waals surface area contributed by atoms with Gasteiger partial charge in [0.05, 0.1) is 49.7 Å². The lowest BCUT2D eigenvalue weighted by molar-refractivity contribution is 0.0593. The van der Waals surface area contributed by atoms with Crippen LogP contribution in [-0.4, -0.2) is 86.9 Å². The van der Waals surface area contributed by atoms with E-state index >= 15 is 0 Å². The molecule has 0 aliphatic rings. The maximum absolute atomic E-state index is 12.7. The van der Waals surface area contributed by atoms with Crippen molar-refractivity contribution in [2.24, 2.45) is 0 Å². The highest BCUT2D eigenvalue weighted by Gasteiger charge is 2.32. The molecule has 6 rings (SSSR count). The summed E-state index contributed by atoms with van der Waals surface area (Å²) in [5, 5.41) is 87.6. The van der Waals surface area contributed by atoms with Crippen molar-refractivity contribution in [3.63, 3.8) is 0 Å². The Morgan fingerprint density at radius 2 is 1.06 bits per heavy atom. The second-order valence-corrected chi connectivity index (χ2v) is 10.4. The molecule has 0 atom stereocenters. The zero-order valence-corrected chi connectivity index (χ0v) is 24.6. The summed E-state index contributed by atoms with van der Waals surface area (Å²) in [4.78, 5) is 42.3. The van der Waals surface area contributed by atoms with Crippen molar-refractivity contribution in [3.05, 3.63) is 46.0 Å². The van der Waals surface area contributed by atoms with Crippen molar-refractivity contribution in [1.82, 2.24) is 19.9 Å². The fraction of sp³-hybridized carbons (Fsp3) is 0.161. The second kappa shape index (κ2) is 11.0. The number of aliphatic hydroxyl groups is 2. The molecule has 16 heteroatoms. The number of aromatic hydroxyl groups is 6. The largest absolute Gasteiger partial charge is 0.507 e. The van der Waals surface area contributed by atoms with Crippen LogP contribution in [0.1, 0.15) is 37.4 Å². The number of hydrogen-bond acceptors (Lipinski definition) is 16. The molecule has 0 aliphatic carbocycles. The van der Waals surface area contributed by atoms with E-state index in [0.29, 0.717) is 0 Å². The first-order valence-electron chi connectivity index (χ1n) is 13.6. The van der Waals surface area contributed by atoms with E-state index in [4.69, 9.17) is 9.47 Å². The Hall–Kier alpha value is -6.26. The minimum absolute atomic E-state index is 0.111. The molecular weight excluding hydrogens is 620 g/mol. The summed E-state index contributed by atoms with van der Waals surface area (Å²) < 4.78 is 9.63. The smallest absolute Gasteiger partial charge is 0.340 e. The number of aromatic nitrogens is 4. The van der Waals surface area contributed by atoms with E-state index in [-0.39, 0.29) is 60.9 Å². The summed E-state index contributed by atoms with van der Waals surface area (Å²) in [6.45, 7) is -0.364. The Kier molecular flexibility index (Phi) is 7.18. The lowest BCUT2D eigenvalue weighted by Gasteiger charge is -2.19. The number of ether oxygens (including phenoxy) is 2. The van der Waals surface area contributed by atoms with Crippen LogP contribution in [0.25, 0.3) is 55.3 Å². The number of rotatable bonds is 5. The highest BCUT2D eigenvalue weighted by atomic mass is 16.5. The van der Waals surface area contributed by atoms with Crippen LogP contribution in [0.3, 0.4) is 0 Å². The summed E-state index contributed by atoms with van der Waals surface area (Å²) in [7, 11) is 2.23. The van der Waals surface area contributed by atoms with E-state index in [9.17, 15) is 50.4 Å². The van der Waals surface area contributed by atoms with Crippen LogP contribution in [0.4, 0.5) is 0 Å². The van der Waals surface area contributed by atoms with Crippen molar-refractivity contribution in [3.8, 4) is 45.6 Å². The SMILES string of the molecule is COC(=O)c1ccc(O)c2nc3c(CO)c(O)c(-c4c(O)c(CO)c5nc6c(O)cc(C)c(C(=O)OC)c6nc5c4O)c(O)c3nc12. The number of aliphatic hydroxyl groups excluding tert-OH is 2. The Morgan fingerprint density at radius 1 is 0.596 bits per heavy atom. The maximum Gasteiger partial charge on any atom is 0.340 e. The third kappa shape index (κ3) is 4.30. The molecular formula is C31H24N4O12. The molecule has 0 bridgehead atoms. The first kappa shape index (κ1) is 30.8. The van der Waals surface area contributed by atoms with Gasteiger partial charge in [-0.3, -0.25) is 0 Å². The molecule has 2 aromatic heterocycles. The zero-order chi connectivity index (χ0) is 34.1. The number of carbonyl (C=O) groups is 2. The fourth-order valence-electron chi connectivity index (χ4n) is 5.59. The number of benzene rings is 4. The fourth-order valence-corrected chi connectivity index (χ4v) is 5.59. The Labute approximate surface area is 262 Å². The summed E-state index contributed by atoms with van der Waals surface area (Å²) in [6.07, 6.45) is 0. The van der Waals surface area contributed by atoms with Crippen LogP contribution in [0, 0.1) is 6.92 Å². The topological polar surface area (TPSA) is 266 Å². The van der Waals surface area contributed by atoms with Gasteiger partial charge in [-0.15, -0.1) is 0 Å². The third-order valence-electron chi connectivity index (χ3n) is 7.82. The molecule has 0 amide bonds. The molecule has 0 fully saturated rings. The molecule has 8 N–H and O–H groups in total. The van der Waals surface area contributed by atoms with Crippen LogP contribution < -0.4 is 0 Å². The van der Waals surface area contributed by atoms with Gasteiger partial charge in [0.25, 0.3) is 0 Å². The number of phenols is 6. The van der Waals surface area contributed by atoms with Gasteiger partial charge in [0.15, 0.2) is 11.5 Å². The van der Waals surface area contributed by atoms with Crippen molar-refractivity contribution in [2.45, 2.75) is 20.1 Å². The van der Waals surface area contributed by atoms with E-state index in [2.05, 4.69) is 19.9 Å². The predicted molar refractivity (Wildman–Crippen MR) is 162 cm³/mol. The van der Waals surface area contributed by atoms with E-state index in [1.807, 2.05) is 0 Å². The Morgan fingerprint density at radius 3 is 1.55 bits per heavy atom. The summed E-state index contributed by atoms with van der Waals surface area (Å²) in [5.41, 5.74) is -4.53. The molecule has 0 spiro atoms. The number of fused-ring (bicyclic) bond motifs is 4. The van der Waals surface area contributed by atoms with Crippen molar-refractivity contribution in [2.75, 3.05) is 14.2 Å². The molecule has 0 unspecified atom stereocenters. The normalized spacial score (nSPS) is 11.5. The number of hydrogen-bond donors (Lipinski definition) is 8. The summed E-state index contributed by atoms with van der Waals surface area (Å²) >= 11 is 0. The number of carbonyl (C=O) groups excluding carboxylic acids is 2. The standard InChI is InChI=1S/C31H24N4O12/c1-9-6-14(39)22-23(15(9)31(45)47-3)35-25-20(33-22)12(8-37)27(41)17(29(25)43)16-26(40)11(7-36)19-24(28(16)42)34-18-10(30(44)46-2)4-5-13(38)21(18)32-19/h4-6,36-43H,7-8H2,1-3H3. The first-order chi connectivity index (χ1) is 22.4. The number of nitrogens with zero attached hydrogens (tertiary/aromatic N) is 4. The molecule has 2 heterocycles. The van der Waals surface area contributed by atoms with E-state index < -0.39 is 81.8 Å². The van der Waals surface area contributed by atoms with Gasteiger partial charge in [-0.2, -0.15) is 0 Å². The lowest BCUT2D eigenvalue weighted by atomic mass is 9.93. The predicted octanol–water partition coefficient (Wildman–Crippen LogP) is 2.65. The average molecular weight is 645 g/mol. The van der Waals surface area contributed by atoms with Gasteiger partial charge in [-0.05, 0) is 30.7 Å². The van der Waals surface area contributed by atoms with E-state index in [1.54, 1.807) is 0 Å². The zero-order valence-electron chi connectivity index (χ0n) is 24.6. The van der Waals surface area contributed by atoms with Gasteiger partial charge in [-0.1, -0.05) is 0 Å². The molecule has 47 heavy (non-hydrogen) atoms. The van der Waals surface area contributed by atoms with Gasteiger partial charge in [0.1, 0.15) is 67.1 Å². The van der Waals surface area contributed by atoms with Crippen LogP contribution in [0.15, 0.2) is 18.2 Å². The van der Waals surface area contributed by atoms with E-state index in [1.165, 1.54) is 19.1 Å². The molecule has 240 valence electrons. The van der Waals surface area contributed by atoms with Gasteiger partial charge in [-0.25, -0.2) is 29.5 Å². The average Bonchev–Trinajstić information content (AvgIpc) is 3.05. The summed E-state index contributed by atoms with van der Waals surface area (Å²) in [6, 6.07) is 3.59. The van der Waals surface area contributed by atoms with Crippen molar-refractivity contribution in [1.29, 1.82) is 0 Å². The minimum atomic E-state index is -0.930. The van der Waals surface area contributed by atoms with Crippen molar-refractivity contribution >= 4 is 56.1 Å². The Bertz CT molecular complexity index is 2380.